The maximum atomic E-state index is 11.0. The lowest BCUT2D eigenvalue weighted by Gasteiger charge is -2.03. The molecule has 15 heavy (non-hydrogen) atoms. The predicted molar refractivity (Wildman–Crippen MR) is 49.1 cm³/mol. The fourth-order valence-corrected chi connectivity index (χ4v) is 0.854. The van der Waals surface area contributed by atoms with Crippen LogP contribution in [0.5, 0.6) is 0 Å². The van der Waals surface area contributed by atoms with Crippen LogP contribution in [0.3, 0.4) is 0 Å². The molecule has 0 aliphatic heterocycles. The summed E-state index contributed by atoms with van der Waals surface area (Å²) < 4.78 is 9.66. The SMILES string of the molecule is O=C(O)CCNC(=O)OCc1ccco1. The Morgan fingerprint density at radius 2 is 2.33 bits per heavy atom. The molecular formula is C9H11NO5. The molecule has 0 aliphatic rings. The first-order valence-electron chi connectivity index (χ1n) is 4.33. The molecule has 2 N–H and O–H groups in total. The van der Waals surface area contributed by atoms with Crippen LogP contribution in [0.15, 0.2) is 22.8 Å². The minimum atomic E-state index is -0.971. The van der Waals surface area contributed by atoms with Gasteiger partial charge in [0.05, 0.1) is 12.7 Å². The Bertz CT molecular complexity index is 319. The summed E-state index contributed by atoms with van der Waals surface area (Å²) in [6.07, 6.45) is 0.685. The molecular weight excluding hydrogens is 202 g/mol. The van der Waals surface area contributed by atoms with Gasteiger partial charge in [-0.25, -0.2) is 4.79 Å². The molecule has 0 spiro atoms. The lowest BCUT2D eigenvalue weighted by molar-refractivity contribution is -0.136. The maximum Gasteiger partial charge on any atom is 0.407 e. The van der Waals surface area contributed by atoms with Gasteiger partial charge in [-0.05, 0) is 12.1 Å². The average molecular weight is 213 g/mol. The highest BCUT2D eigenvalue weighted by Crippen LogP contribution is 2.01. The van der Waals surface area contributed by atoms with E-state index < -0.39 is 12.1 Å². The Morgan fingerprint density at radius 3 is 2.93 bits per heavy atom. The first kappa shape index (κ1) is 11.1. The van der Waals surface area contributed by atoms with E-state index in [2.05, 4.69) is 5.32 Å². The number of furan rings is 1. The average Bonchev–Trinajstić information content (AvgIpc) is 2.66. The van der Waals surface area contributed by atoms with Crippen molar-refractivity contribution in [1.29, 1.82) is 0 Å². The number of hydrogen-bond donors (Lipinski definition) is 2. The van der Waals surface area contributed by atoms with Gasteiger partial charge in [0.1, 0.15) is 5.76 Å². The van der Waals surface area contributed by atoms with Crippen molar-refractivity contribution in [2.45, 2.75) is 13.0 Å². The zero-order valence-corrected chi connectivity index (χ0v) is 7.93. The number of carboxylic acids is 1. The number of carbonyl (C=O) groups excluding carboxylic acids is 1. The zero-order chi connectivity index (χ0) is 11.1. The molecule has 0 atom stereocenters. The first-order chi connectivity index (χ1) is 7.18. The summed E-state index contributed by atoms with van der Waals surface area (Å²) in [6, 6.07) is 3.35. The molecule has 0 saturated carbocycles. The van der Waals surface area contributed by atoms with Crippen LogP contribution in [-0.4, -0.2) is 23.7 Å². The second-order valence-electron chi connectivity index (χ2n) is 2.73. The smallest absolute Gasteiger partial charge is 0.407 e. The van der Waals surface area contributed by atoms with Crippen molar-refractivity contribution in [2.24, 2.45) is 0 Å². The Balaban J connectivity index is 2.11. The molecule has 1 rings (SSSR count). The monoisotopic (exact) mass is 213 g/mol. The third kappa shape index (κ3) is 4.70. The molecule has 6 heteroatoms. The molecule has 0 unspecified atom stereocenters. The second kappa shape index (κ2) is 5.69. The van der Waals surface area contributed by atoms with E-state index in [9.17, 15) is 9.59 Å². The van der Waals surface area contributed by atoms with E-state index in [-0.39, 0.29) is 19.6 Å². The van der Waals surface area contributed by atoms with Gasteiger partial charge in [-0.2, -0.15) is 0 Å². The van der Waals surface area contributed by atoms with Gasteiger partial charge in [-0.15, -0.1) is 0 Å². The maximum absolute atomic E-state index is 11.0. The van der Waals surface area contributed by atoms with Gasteiger partial charge in [0, 0.05) is 6.54 Å². The number of aliphatic carboxylic acids is 1. The van der Waals surface area contributed by atoms with Crippen LogP contribution in [0.4, 0.5) is 4.79 Å². The third-order valence-electron chi connectivity index (χ3n) is 1.53. The number of carbonyl (C=O) groups is 2. The summed E-state index contributed by atoms with van der Waals surface area (Å²) >= 11 is 0. The molecule has 1 amide bonds. The quantitative estimate of drug-likeness (QED) is 0.761. The van der Waals surface area contributed by atoms with Crippen molar-refractivity contribution in [3.8, 4) is 0 Å². The molecule has 0 bridgehead atoms. The normalized spacial score (nSPS) is 9.60. The van der Waals surface area contributed by atoms with Crippen LogP contribution in [0.2, 0.25) is 0 Å². The molecule has 0 fully saturated rings. The van der Waals surface area contributed by atoms with Crippen molar-refractivity contribution >= 4 is 12.1 Å². The van der Waals surface area contributed by atoms with Crippen LogP contribution >= 0.6 is 0 Å². The molecule has 6 nitrogen and oxygen atoms in total. The zero-order valence-electron chi connectivity index (χ0n) is 7.93. The molecule has 1 aromatic heterocycles. The molecule has 82 valence electrons. The van der Waals surface area contributed by atoms with Crippen LogP contribution < -0.4 is 5.32 Å². The first-order valence-corrected chi connectivity index (χ1v) is 4.33. The summed E-state index contributed by atoms with van der Waals surface area (Å²) in [6.45, 7) is 0.0816. The largest absolute Gasteiger partial charge is 0.481 e. The van der Waals surface area contributed by atoms with E-state index in [1.165, 1.54) is 6.26 Å². The fraction of sp³-hybridized carbons (Fsp3) is 0.333. The van der Waals surface area contributed by atoms with E-state index >= 15 is 0 Å². The molecule has 0 radical (unpaired) electrons. The molecule has 1 aromatic rings. The Morgan fingerprint density at radius 1 is 1.53 bits per heavy atom. The summed E-state index contributed by atoms with van der Waals surface area (Å²) in [5, 5.41) is 10.6. The van der Waals surface area contributed by atoms with E-state index in [0.717, 1.165) is 0 Å². The number of alkyl carbamates (subject to hydrolysis) is 1. The van der Waals surface area contributed by atoms with Gasteiger partial charge < -0.3 is 19.6 Å². The lowest BCUT2D eigenvalue weighted by Crippen LogP contribution is -2.26. The fourth-order valence-electron chi connectivity index (χ4n) is 0.854. The standard InChI is InChI=1S/C9H11NO5/c11-8(12)3-4-10-9(13)15-6-7-2-1-5-14-7/h1-2,5H,3-4,6H2,(H,10,13)(H,11,12). The van der Waals surface area contributed by atoms with Gasteiger partial charge >= 0.3 is 12.1 Å². The van der Waals surface area contributed by atoms with Gasteiger partial charge in [-0.3, -0.25) is 4.79 Å². The lowest BCUT2D eigenvalue weighted by atomic mass is 10.4. The Hall–Kier alpha value is -1.98. The topological polar surface area (TPSA) is 88.8 Å². The summed E-state index contributed by atoms with van der Waals surface area (Å²) in [5.41, 5.74) is 0. The summed E-state index contributed by atoms with van der Waals surface area (Å²) in [4.78, 5) is 21.1. The van der Waals surface area contributed by atoms with Crippen LogP contribution in [-0.2, 0) is 16.1 Å². The van der Waals surface area contributed by atoms with Crippen molar-refractivity contribution in [3.05, 3.63) is 24.2 Å². The Labute approximate surface area is 85.8 Å². The van der Waals surface area contributed by atoms with Crippen LogP contribution in [0.1, 0.15) is 12.2 Å². The Kier molecular flexibility index (Phi) is 4.21. The van der Waals surface area contributed by atoms with E-state index in [0.29, 0.717) is 5.76 Å². The van der Waals surface area contributed by atoms with Gasteiger partial charge in [0.15, 0.2) is 6.61 Å². The summed E-state index contributed by atoms with van der Waals surface area (Å²) in [5.74, 6) is -0.440. The molecule has 1 heterocycles. The number of carboxylic acid groups (broad SMARTS) is 1. The van der Waals surface area contributed by atoms with Crippen molar-refractivity contribution in [1.82, 2.24) is 5.32 Å². The van der Waals surface area contributed by atoms with Gasteiger partial charge in [0.2, 0.25) is 0 Å². The number of ether oxygens (including phenoxy) is 1. The van der Waals surface area contributed by atoms with E-state index in [4.69, 9.17) is 14.3 Å². The summed E-state index contributed by atoms with van der Waals surface area (Å²) in [7, 11) is 0. The number of amides is 1. The molecule has 0 aliphatic carbocycles. The van der Waals surface area contributed by atoms with Crippen LogP contribution in [0, 0.1) is 0 Å². The second-order valence-corrected chi connectivity index (χ2v) is 2.73. The third-order valence-corrected chi connectivity index (χ3v) is 1.53. The van der Waals surface area contributed by atoms with Crippen LogP contribution in [0.25, 0.3) is 0 Å². The highest BCUT2D eigenvalue weighted by atomic mass is 16.6. The highest BCUT2D eigenvalue weighted by Gasteiger charge is 2.04. The molecule has 0 saturated heterocycles. The van der Waals surface area contributed by atoms with E-state index in [1.807, 2.05) is 0 Å². The number of hydrogen-bond acceptors (Lipinski definition) is 4. The molecule has 0 aromatic carbocycles. The predicted octanol–water partition coefficient (Wildman–Crippen LogP) is 0.981. The number of rotatable bonds is 5. The highest BCUT2D eigenvalue weighted by molar-refractivity contribution is 5.70. The number of nitrogens with one attached hydrogen (secondary N) is 1. The minimum Gasteiger partial charge on any atom is -0.481 e. The van der Waals surface area contributed by atoms with Crippen molar-refractivity contribution < 1.29 is 23.8 Å². The van der Waals surface area contributed by atoms with Crippen molar-refractivity contribution in [3.63, 3.8) is 0 Å². The van der Waals surface area contributed by atoms with Crippen molar-refractivity contribution in [2.75, 3.05) is 6.54 Å². The minimum absolute atomic E-state index is 0.0336. The van der Waals surface area contributed by atoms with E-state index in [1.54, 1.807) is 12.1 Å². The van der Waals surface area contributed by atoms with Gasteiger partial charge in [-0.1, -0.05) is 0 Å². The van der Waals surface area contributed by atoms with Gasteiger partial charge in [0.25, 0.3) is 0 Å².